The molecule has 1 aromatic carbocycles. The third-order valence-electron chi connectivity index (χ3n) is 3.59. The summed E-state index contributed by atoms with van der Waals surface area (Å²) in [4.78, 5) is 2.40. The minimum Gasteiger partial charge on any atom is -0.463 e. The molecule has 1 unspecified atom stereocenters. The summed E-state index contributed by atoms with van der Waals surface area (Å²) in [6.45, 7) is 3.54. The largest absolute Gasteiger partial charge is 0.463 e. The lowest BCUT2D eigenvalue weighted by Gasteiger charge is -2.23. The van der Waals surface area contributed by atoms with Crippen LogP contribution in [0, 0.1) is 0 Å². The predicted molar refractivity (Wildman–Crippen MR) is 72.4 cm³/mol. The average Bonchev–Trinajstić information content (AvgIpc) is 2.96. The molecular formula is C15H18N2O. The minimum absolute atomic E-state index is 0.464. The van der Waals surface area contributed by atoms with E-state index in [2.05, 4.69) is 36.1 Å². The van der Waals surface area contributed by atoms with Gasteiger partial charge in [0.1, 0.15) is 11.5 Å². The monoisotopic (exact) mass is 242 g/mol. The summed E-state index contributed by atoms with van der Waals surface area (Å²) in [5, 5.41) is 0. The number of benzene rings is 1. The van der Waals surface area contributed by atoms with Gasteiger partial charge in [-0.2, -0.15) is 0 Å². The number of fused-ring (bicyclic) bond motifs is 1. The van der Waals surface area contributed by atoms with Crippen molar-refractivity contribution in [2.45, 2.75) is 32.5 Å². The lowest BCUT2D eigenvalue weighted by atomic mass is 10.1. The maximum atomic E-state index is 5.69. The van der Waals surface area contributed by atoms with E-state index >= 15 is 0 Å². The van der Waals surface area contributed by atoms with Crippen molar-refractivity contribution >= 4 is 5.69 Å². The number of nitrogens with two attached hydrogens (primary N) is 1. The molecular weight excluding hydrogens is 224 g/mol. The van der Waals surface area contributed by atoms with Crippen LogP contribution in [0.1, 0.15) is 24.0 Å². The van der Waals surface area contributed by atoms with Crippen molar-refractivity contribution in [3.05, 3.63) is 53.5 Å². The molecule has 3 nitrogen and oxygen atoms in total. The normalized spacial score (nSPS) is 18.1. The zero-order chi connectivity index (χ0) is 12.5. The molecule has 0 amide bonds. The van der Waals surface area contributed by atoms with Gasteiger partial charge in [0.2, 0.25) is 0 Å². The lowest BCUT2D eigenvalue weighted by molar-refractivity contribution is 0.456. The Hall–Kier alpha value is -1.74. The molecule has 3 heteroatoms. The van der Waals surface area contributed by atoms with Crippen LogP contribution in [0.15, 0.2) is 40.8 Å². The summed E-state index contributed by atoms with van der Waals surface area (Å²) in [5.74, 6) is 1.84. The number of nitrogens with zero attached hydrogens (tertiary/aromatic N) is 1. The Kier molecular flexibility index (Phi) is 2.84. The maximum absolute atomic E-state index is 5.69. The van der Waals surface area contributed by atoms with Crippen LogP contribution >= 0.6 is 0 Å². The Balaban J connectivity index is 1.84. The number of para-hydroxylation sites is 1. The predicted octanol–water partition coefficient (Wildman–Crippen LogP) is 2.69. The number of hydrogen-bond acceptors (Lipinski definition) is 3. The van der Waals surface area contributed by atoms with Crippen molar-refractivity contribution in [2.75, 3.05) is 4.90 Å². The minimum atomic E-state index is 0.464. The first kappa shape index (κ1) is 11.4. The standard InChI is InChI=1S/C15H18N2O/c1-11-8-12-4-2-3-5-15(12)17(11)10-14-7-6-13(9-16)18-14/h2-7,11H,8-10,16H2,1H3. The molecule has 0 saturated carbocycles. The van der Waals surface area contributed by atoms with Gasteiger partial charge in [0.05, 0.1) is 13.1 Å². The first-order valence-electron chi connectivity index (χ1n) is 6.40. The fourth-order valence-electron chi connectivity index (χ4n) is 2.66. The van der Waals surface area contributed by atoms with Gasteiger partial charge >= 0.3 is 0 Å². The van der Waals surface area contributed by atoms with E-state index in [-0.39, 0.29) is 0 Å². The Morgan fingerprint density at radius 1 is 1.22 bits per heavy atom. The van der Waals surface area contributed by atoms with Crippen molar-refractivity contribution in [1.82, 2.24) is 0 Å². The highest BCUT2D eigenvalue weighted by Crippen LogP contribution is 2.33. The molecule has 1 aliphatic heterocycles. The maximum Gasteiger partial charge on any atom is 0.123 e. The molecule has 2 N–H and O–H groups in total. The first-order chi connectivity index (χ1) is 8.78. The second kappa shape index (κ2) is 4.50. The highest BCUT2D eigenvalue weighted by atomic mass is 16.3. The average molecular weight is 242 g/mol. The van der Waals surface area contributed by atoms with Crippen molar-refractivity contribution < 1.29 is 4.42 Å². The summed E-state index contributed by atoms with van der Waals surface area (Å²) >= 11 is 0. The van der Waals surface area contributed by atoms with Gasteiger partial charge in [-0.25, -0.2) is 0 Å². The van der Waals surface area contributed by atoms with E-state index < -0.39 is 0 Å². The first-order valence-corrected chi connectivity index (χ1v) is 6.40. The Labute approximate surface area is 107 Å². The summed E-state index contributed by atoms with van der Waals surface area (Å²) in [7, 11) is 0. The van der Waals surface area contributed by atoms with Crippen molar-refractivity contribution in [3.63, 3.8) is 0 Å². The van der Waals surface area contributed by atoms with E-state index in [1.165, 1.54) is 11.3 Å². The third kappa shape index (κ3) is 1.91. The van der Waals surface area contributed by atoms with E-state index in [0.29, 0.717) is 12.6 Å². The van der Waals surface area contributed by atoms with Crippen molar-refractivity contribution in [3.8, 4) is 0 Å². The highest BCUT2D eigenvalue weighted by Gasteiger charge is 2.26. The Bertz CT molecular complexity index is 547. The van der Waals surface area contributed by atoms with E-state index in [4.69, 9.17) is 10.2 Å². The van der Waals surface area contributed by atoms with Crippen LogP contribution < -0.4 is 10.6 Å². The number of furan rings is 1. The SMILES string of the molecule is CC1Cc2ccccc2N1Cc1ccc(CN)o1. The second-order valence-corrected chi connectivity index (χ2v) is 4.88. The van der Waals surface area contributed by atoms with Gasteiger partial charge in [0, 0.05) is 11.7 Å². The molecule has 1 aromatic heterocycles. The number of anilines is 1. The van der Waals surface area contributed by atoms with Crippen molar-refractivity contribution in [1.29, 1.82) is 0 Å². The topological polar surface area (TPSA) is 42.4 Å². The molecule has 0 radical (unpaired) electrons. The van der Waals surface area contributed by atoms with Crippen LogP contribution in [0.25, 0.3) is 0 Å². The second-order valence-electron chi connectivity index (χ2n) is 4.88. The van der Waals surface area contributed by atoms with Gasteiger partial charge in [0.15, 0.2) is 0 Å². The molecule has 2 heterocycles. The van der Waals surface area contributed by atoms with E-state index in [1.807, 2.05) is 12.1 Å². The molecule has 3 rings (SSSR count). The molecule has 1 atom stereocenters. The fraction of sp³-hybridized carbons (Fsp3) is 0.333. The van der Waals surface area contributed by atoms with Crippen LogP contribution in [-0.2, 0) is 19.5 Å². The Morgan fingerprint density at radius 2 is 2.00 bits per heavy atom. The van der Waals surface area contributed by atoms with Gasteiger partial charge in [-0.3, -0.25) is 0 Å². The third-order valence-corrected chi connectivity index (χ3v) is 3.59. The van der Waals surface area contributed by atoms with Crippen LogP contribution in [0.2, 0.25) is 0 Å². The highest BCUT2D eigenvalue weighted by molar-refractivity contribution is 5.59. The van der Waals surface area contributed by atoms with Crippen LogP contribution in [-0.4, -0.2) is 6.04 Å². The van der Waals surface area contributed by atoms with Crippen LogP contribution in [0.4, 0.5) is 5.69 Å². The quantitative estimate of drug-likeness (QED) is 0.899. The molecule has 0 aliphatic carbocycles. The zero-order valence-corrected chi connectivity index (χ0v) is 10.6. The molecule has 0 saturated heterocycles. The van der Waals surface area contributed by atoms with Gasteiger partial charge < -0.3 is 15.1 Å². The van der Waals surface area contributed by atoms with Gasteiger partial charge in [-0.1, -0.05) is 18.2 Å². The van der Waals surface area contributed by atoms with Crippen LogP contribution in [0.3, 0.4) is 0 Å². The van der Waals surface area contributed by atoms with Gasteiger partial charge in [-0.15, -0.1) is 0 Å². The summed E-state index contributed by atoms with van der Waals surface area (Å²) in [6.07, 6.45) is 1.11. The van der Waals surface area contributed by atoms with Crippen LogP contribution in [0.5, 0.6) is 0 Å². The molecule has 1 aliphatic rings. The molecule has 0 spiro atoms. The van der Waals surface area contributed by atoms with Gasteiger partial charge in [0.25, 0.3) is 0 Å². The molecule has 0 bridgehead atoms. The molecule has 0 fully saturated rings. The number of hydrogen-bond donors (Lipinski definition) is 1. The van der Waals surface area contributed by atoms with E-state index in [1.54, 1.807) is 0 Å². The Morgan fingerprint density at radius 3 is 2.78 bits per heavy atom. The summed E-state index contributed by atoms with van der Waals surface area (Å²) in [5.41, 5.74) is 8.32. The molecule has 94 valence electrons. The zero-order valence-electron chi connectivity index (χ0n) is 10.6. The lowest BCUT2D eigenvalue weighted by Crippen LogP contribution is -2.28. The van der Waals surface area contributed by atoms with E-state index in [0.717, 1.165) is 24.5 Å². The fourth-order valence-corrected chi connectivity index (χ4v) is 2.66. The van der Waals surface area contributed by atoms with Crippen molar-refractivity contribution in [2.24, 2.45) is 5.73 Å². The molecule has 18 heavy (non-hydrogen) atoms. The van der Waals surface area contributed by atoms with E-state index in [9.17, 15) is 0 Å². The smallest absolute Gasteiger partial charge is 0.123 e. The number of rotatable bonds is 3. The molecule has 2 aromatic rings. The summed E-state index contributed by atoms with van der Waals surface area (Å²) < 4.78 is 5.69. The van der Waals surface area contributed by atoms with Gasteiger partial charge in [-0.05, 0) is 37.1 Å². The summed E-state index contributed by atoms with van der Waals surface area (Å²) in [6, 6.07) is 13.1.